The van der Waals surface area contributed by atoms with Crippen LogP contribution in [-0.4, -0.2) is 21.3 Å². The van der Waals surface area contributed by atoms with Crippen LogP contribution in [0.1, 0.15) is 0 Å². The van der Waals surface area contributed by atoms with E-state index in [1.807, 2.05) is 0 Å². The predicted octanol–water partition coefficient (Wildman–Crippen LogP) is 4.77. The molecule has 0 radical (unpaired) electrons. The Balaban J connectivity index is 1.42. The average Bonchev–Trinajstić information content (AvgIpc) is 3.42. The van der Waals surface area contributed by atoms with Gasteiger partial charge in [-0.25, -0.2) is 0 Å². The van der Waals surface area contributed by atoms with Gasteiger partial charge in [0.2, 0.25) is 0 Å². The molecular weight excluding hydrogens is 461 g/mol. The molecule has 2 fully saturated rings. The monoisotopic (exact) mass is 492 g/mol. The third-order valence-corrected chi connectivity index (χ3v) is 24.9. The number of fused-ring (bicyclic) bond motifs is 1. The molecule has 0 N–H and O–H groups in total. The second-order valence-electron chi connectivity index (χ2n) is 9.96. The minimum absolute atomic E-state index is 0.877. The molecule has 0 aliphatic carbocycles. The van der Waals surface area contributed by atoms with E-state index < -0.39 is 21.3 Å². The van der Waals surface area contributed by atoms with Crippen LogP contribution in [0.2, 0.25) is 22.6 Å². The summed E-state index contributed by atoms with van der Waals surface area (Å²) in [6.07, 6.45) is 0. The second kappa shape index (κ2) is 8.20. The van der Waals surface area contributed by atoms with Crippen LogP contribution in [0, 0.1) is 11.8 Å². The van der Waals surface area contributed by atoms with E-state index in [-0.39, 0.29) is 0 Å². The molecule has 2 heteroatoms. The Labute approximate surface area is 195 Å². The molecule has 0 nitrogen and oxygen atoms in total. The van der Waals surface area contributed by atoms with Crippen LogP contribution in [0.3, 0.4) is 0 Å². The van der Waals surface area contributed by atoms with Crippen molar-refractivity contribution < 1.29 is 0 Å². The first-order valence-electron chi connectivity index (χ1n) is 12.0. The molecular formula is C30H30GeSi. The average molecular weight is 491 g/mol. The van der Waals surface area contributed by atoms with E-state index in [1.54, 1.807) is 19.2 Å². The summed E-state index contributed by atoms with van der Waals surface area (Å²) in [6.45, 7) is 0. The number of rotatable bonds is 4. The van der Waals surface area contributed by atoms with Gasteiger partial charge in [0.25, 0.3) is 0 Å². The Kier molecular flexibility index (Phi) is 5.19. The zero-order chi connectivity index (χ0) is 21.4. The van der Waals surface area contributed by atoms with Gasteiger partial charge in [-0.3, -0.25) is 0 Å². The third-order valence-electron chi connectivity index (χ3n) is 8.41. The summed E-state index contributed by atoms with van der Waals surface area (Å²) in [7, 11) is -1.71. The van der Waals surface area contributed by atoms with Gasteiger partial charge in [0.05, 0.1) is 0 Å². The summed E-state index contributed by atoms with van der Waals surface area (Å²) in [4.78, 5) is 0. The molecule has 2 saturated heterocycles. The van der Waals surface area contributed by atoms with E-state index in [2.05, 4.69) is 121 Å². The summed E-state index contributed by atoms with van der Waals surface area (Å²) in [5.41, 5.74) is 0. The molecule has 2 aliphatic rings. The summed E-state index contributed by atoms with van der Waals surface area (Å²) in [6, 6.07) is 49.2. The van der Waals surface area contributed by atoms with Crippen LogP contribution in [0.4, 0.5) is 0 Å². The minimum atomic E-state index is -2.38. The predicted molar refractivity (Wildman–Crippen MR) is 142 cm³/mol. The molecule has 0 aromatic heterocycles. The van der Waals surface area contributed by atoms with Crippen molar-refractivity contribution in [2.24, 2.45) is 11.8 Å². The molecule has 4 aromatic rings. The second-order valence-corrected chi connectivity index (χ2v) is 22.8. The molecule has 0 bridgehead atoms. The first-order valence-corrected chi connectivity index (χ1v) is 19.5. The van der Waals surface area contributed by atoms with Crippen LogP contribution in [-0.2, 0) is 0 Å². The van der Waals surface area contributed by atoms with Crippen molar-refractivity contribution in [2.45, 2.75) is 22.6 Å². The third kappa shape index (κ3) is 3.25. The van der Waals surface area contributed by atoms with Gasteiger partial charge in [-0.2, -0.15) is 0 Å². The quantitative estimate of drug-likeness (QED) is 0.361. The standard InChI is InChI=1S/C30H30GeSi/c1-5-13-27(14-6-1)31(28-15-7-2-8-16-28)21-25-23-32(24-26(25)22-31,29-17-9-3-10-18-29)30-19-11-4-12-20-30/h1-20,25-26H,21-24H2/t25-,26-/m1/s1. The van der Waals surface area contributed by atoms with Gasteiger partial charge in [-0.05, 0) is 0 Å². The van der Waals surface area contributed by atoms with Gasteiger partial charge < -0.3 is 0 Å². The van der Waals surface area contributed by atoms with E-state index in [0.717, 1.165) is 11.8 Å². The van der Waals surface area contributed by atoms with Crippen LogP contribution >= 0.6 is 0 Å². The topological polar surface area (TPSA) is 0 Å². The van der Waals surface area contributed by atoms with Crippen molar-refractivity contribution >= 4 is 40.5 Å². The molecule has 2 atom stereocenters. The molecule has 0 saturated carbocycles. The van der Waals surface area contributed by atoms with Crippen molar-refractivity contribution in [1.82, 2.24) is 0 Å². The molecule has 158 valence electrons. The Morgan fingerprint density at radius 1 is 0.469 bits per heavy atom. The van der Waals surface area contributed by atoms with Gasteiger partial charge in [-0.15, -0.1) is 0 Å². The zero-order valence-corrected chi connectivity index (χ0v) is 21.6. The molecule has 2 heterocycles. The van der Waals surface area contributed by atoms with Gasteiger partial charge in [0.1, 0.15) is 0 Å². The summed E-state index contributed by atoms with van der Waals surface area (Å²) >= 11 is -2.38. The van der Waals surface area contributed by atoms with E-state index in [0.29, 0.717) is 0 Å². The fourth-order valence-corrected chi connectivity index (χ4v) is 26.4. The zero-order valence-electron chi connectivity index (χ0n) is 18.5. The van der Waals surface area contributed by atoms with Crippen LogP contribution in [0.5, 0.6) is 0 Å². The van der Waals surface area contributed by atoms with Crippen molar-refractivity contribution in [1.29, 1.82) is 0 Å². The van der Waals surface area contributed by atoms with E-state index in [9.17, 15) is 0 Å². The Hall–Kier alpha value is -2.36. The fourth-order valence-electron chi connectivity index (χ4n) is 7.07. The molecule has 0 amide bonds. The Morgan fingerprint density at radius 2 is 0.812 bits per heavy atom. The van der Waals surface area contributed by atoms with Crippen molar-refractivity contribution in [3.05, 3.63) is 121 Å². The van der Waals surface area contributed by atoms with Crippen molar-refractivity contribution in [3.8, 4) is 0 Å². The summed E-state index contributed by atoms with van der Waals surface area (Å²) in [5, 5.41) is 6.23. The molecule has 0 spiro atoms. The van der Waals surface area contributed by atoms with Crippen molar-refractivity contribution in [2.75, 3.05) is 0 Å². The molecule has 4 aromatic carbocycles. The van der Waals surface area contributed by atoms with E-state index >= 15 is 0 Å². The Bertz CT molecular complexity index is 983. The maximum absolute atomic E-state index is 2.45. The number of benzene rings is 4. The molecule has 6 rings (SSSR count). The van der Waals surface area contributed by atoms with Crippen LogP contribution < -0.4 is 19.2 Å². The molecule has 0 unspecified atom stereocenters. The number of hydrogen-bond acceptors (Lipinski definition) is 0. The number of hydrogen-bond donors (Lipinski definition) is 0. The maximum atomic E-state index is 2.45. The van der Waals surface area contributed by atoms with E-state index in [1.165, 1.54) is 22.6 Å². The first-order chi connectivity index (χ1) is 15.8. The molecule has 32 heavy (non-hydrogen) atoms. The summed E-state index contributed by atoms with van der Waals surface area (Å²) < 4.78 is 3.39. The molecule has 2 aliphatic heterocycles. The van der Waals surface area contributed by atoms with Gasteiger partial charge in [-0.1, -0.05) is 0 Å². The van der Waals surface area contributed by atoms with Crippen LogP contribution in [0.25, 0.3) is 0 Å². The SMILES string of the molecule is c1ccc([Si]2(c3ccccc3)C[C@H]3[CH2][Ge]([c]4ccccc4)([c]4ccccc4)[CH2][C@@H]3C2)cc1. The fraction of sp³-hybridized carbons (Fsp3) is 0.200. The van der Waals surface area contributed by atoms with E-state index in [4.69, 9.17) is 0 Å². The van der Waals surface area contributed by atoms with Crippen molar-refractivity contribution in [3.63, 3.8) is 0 Å². The van der Waals surface area contributed by atoms with Crippen LogP contribution in [0.15, 0.2) is 121 Å². The van der Waals surface area contributed by atoms with Gasteiger partial charge in [0, 0.05) is 0 Å². The van der Waals surface area contributed by atoms with Gasteiger partial charge >= 0.3 is 196 Å². The Morgan fingerprint density at radius 3 is 1.19 bits per heavy atom. The summed E-state index contributed by atoms with van der Waals surface area (Å²) in [5.74, 6) is 1.75. The van der Waals surface area contributed by atoms with Gasteiger partial charge in [0.15, 0.2) is 0 Å². The normalized spacial score (nSPS) is 23.0. The first kappa shape index (κ1) is 20.3.